The number of nitrogens with zero attached hydrogens (tertiary/aromatic N) is 1. The summed E-state index contributed by atoms with van der Waals surface area (Å²) in [6, 6.07) is 9.36. The van der Waals surface area contributed by atoms with Crippen molar-refractivity contribution < 1.29 is 13.9 Å². The third kappa shape index (κ3) is 3.12. The molecule has 0 fully saturated rings. The zero-order valence-electron chi connectivity index (χ0n) is 11.3. The number of aromatic nitrogens is 1. The summed E-state index contributed by atoms with van der Waals surface area (Å²) in [5.74, 6) is -0.574. The number of pyridine rings is 1. The number of carbonyl (C=O) groups excluding carboxylic acids is 1. The first-order chi connectivity index (χ1) is 9.61. The lowest BCUT2D eigenvalue weighted by molar-refractivity contribution is 0.0935. The molecule has 0 radical (unpaired) electrons. The molecule has 20 heavy (non-hydrogen) atoms. The Labute approximate surface area is 116 Å². The lowest BCUT2D eigenvalue weighted by Gasteiger charge is -2.15. The predicted molar refractivity (Wildman–Crippen MR) is 73.1 cm³/mol. The van der Waals surface area contributed by atoms with Gasteiger partial charge in [-0.15, -0.1) is 0 Å². The number of hydrogen-bond donors (Lipinski definition) is 1. The number of benzene rings is 1. The van der Waals surface area contributed by atoms with Gasteiger partial charge in [0.2, 0.25) is 0 Å². The average Bonchev–Trinajstić information content (AvgIpc) is 2.48. The van der Waals surface area contributed by atoms with Crippen LogP contribution >= 0.6 is 0 Å². The van der Waals surface area contributed by atoms with Crippen LogP contribution in [-0.2, 0) is 0 Å². The van der Waals surface area contributed by atoms with E-state index in [1.165, 1.54) is 19.2 Å². The molecule has 0 saturated carbocycles. The molecule has 4 nitrogen and oxygen atoms in total. The summed E-state index contributed by atoms with van der Waals surface area (Å²) in [7, 11) is 1.41. The van der Waals surface area contributed by atoms with Gasteiger partial charge in [-0.05, 0) is 36.8 Å². The number of methoxy groups -OCH3 is 1. The van der Waals surface area contributed by atoms with Crippen molar-refractivity contribution in [3.63, 3.8) is 0 Å². The highest BCUT2D eigenvalue weighted by molar-refractivity contribution is 5.92. The molecule has 0 aliphatic heterocycles. The SMILES string of the molecule is COc1ccc(C(C)NC(=O)c2ccccn2)cc1F. The first-order valence-corrected chi connectivity index (χ1v) is 6.17. The van der Waals surface area contributed by atoms with Gasteiger partial charge in [-0.3, -0.25) is 9.78 Å². The quantitative estimate of drug-likeness (QED) is 0.932. The van der Waals surface area contributed by atoms with Gasteiger partial charge in [0.05, 0.1) is 13.2 Å². The smallest absolute Gasteiger partial charge is 0.270 e. The van der Waals surface area contributed by atoms with Crippen molar-refractivity contribution in [2.24, 2.45) is 0 Å². The molecule has 1 aromatic carbocycles. The van der Waals surface area contributed by atoms with Crippen LogP contribution < -0.4 is 10.1 Å². The Balaban J connectivity index is 2.10. The summed E-state index contributed by atoms with van der Waals surface area (Å²) in [5, 5.41) is 2.77. The van der Waals surface area contributed by atoms with E-state index in [1.807, 2.05) is 0 Å². The molecule has 1 amide bonds. The molecule has 0 aliphatic carbocycles. The van der Waals surface area contributed by atoms with Crippen LogP contribution in [0.1, 0.15) is 29.0 Å². The molecule has 1 N–H and O–H groups in total. The third-order valence-electron chi connectivity index (χ3n) is 2.92. The summed E-state index contributed by atoms with van der Waals surface area (Å²) in [5.41, 5.74) is 0.987. The second-order valence-corrected chi connectivity index (χ2v) is 4.30. The van der Waals surface area contributed by atoms with Crippen LogP contribution in [0.4, 0.5) is 4.39 Å². The Kier molecular flexibility index (Phi) is 4.30. The van der Waals surface area contributed by atoms with Crippen molar-refractivity contribution in [1.82, 2.24) is 10.3 Å². The standard InChI is InChI=1S/C15H15FN2O2/c1-10(11-6-7-14(20-2)12(16)9-11)18-15(19)13-5-3-4-8-17-13/h3-10H,1-2H3,(H,18,19). The lowest BCUT2D eigenvalue weighted by Crippen LogP contribution is -2.27. The Morgan fingerprint density at radius 3 is 2.75 bits per heavy atom. The molecule has 1 atom stereocenters. The number of amides is 1. The molecule has 5 heteroatoms. The molecular weight excluding hydrogens is 259 g/mol. The van der Waals surface area contributed by atoms with Crippen LogP contribution in [-0.4, -0.2) is 18.0 Å². The molecule has 2 aromatic rings. The van der Waals surface area contributed by atoms with E-state index in [2.05, 4.69) is 10.3 Å². The second kappa shape index (κ2) is 6.14. The molecule has 1 aromatic heterocycles. The van der Waals surface area contributed by atoms with E-state index in [9.17, 15) is 9.18 Å². The monoisotopic (exact) mass is 274 g/mol. The first kappa shape index (κ1) is 14.0. The van der Waals surface area contributed by atoms with Gasteiger partial charge in [0, 0.05) is 6.20 Å². The average molecular weight is 274 g/mol. The second-order valence-electron chi connectivity index (χ2n) is 4.30. The molecule has 1 heterocycles. The third-order valence-corrected chi connectivity index (χ3v) is 2.92. The van der Waals surface area contributed by atoms with Crippen LogP contribution in [0, 0.1) is 5.82 Å². The fraction of sp³-hybridized carbons (Fsp3) is 0.200. The van der Waals surface area contributed by atoms with Gasteiger partial charge < -0.3 is 10.1 Å². The van der Waals surface area contributed by atoms with Crippen LogP contribution in [0.2, 0.25) is 0 Å². The van der Waals surface area contributed by atoms with Crippen LogP contribution in [0.15, 0.2) is 42.6 Å². The van der Waals surface area contributed by atoms with E-state index in [0.717, 1.165) is 0 Å². The Morgan fingerprint density at radius 2 is 2.15 bits per heavy atom. The minimum Gasteiger partial charge on any atom is -0.494 e. The maximum absolute atomic E-state index is 13.6. The molecule has 0 bridgehead atoms. The van der Waals surface area contributed by atoms with Crippen molar-refractivity contribution in [3.8, 4) is 5.75 Å². The molecule has 104 valence electrons. The highest BCUT2D eigenvalue weighted by Gasteiger charge is 2.14. The van der Waals surface area contributed by atoms with Crippen molar-refractivity contribution in [2.75, 3.05) is 7.11 Å². The normalized spacial score (nSPS) is 11.8. The summed E-state index contributed by atoms with van der Waals surface area (Å²) in [6.07, 6.45) is 1.55. The zero-order valence-corrected chi connectivity index (χ0v) is 11.3. The molecule has 0 saturated heterocycles. The van der Waals surface area contributed by atoms with Crippen molar-refractivity contribution in [2.45, 2.75) is 13.0 Å². The van der Waals surface area contributed by atoms with Crippen molar-refractivity contribution in [3.05, 3.63) is 59.7 Å². The molecule has 2 rings (SSSR count). The first-order valence-electron chi connectivity index (χ1n) is 6.17. The van der Waals surface area contributed by atoms with Crippen LogP contribution in [0.3, 0.4) is 0 Å². The minimum atomic E-state index is -0.455. The number of hydrogen-bond acceptors (Lipinski definition) is 3. The van der Waals surface area contributed by atoms with Crippen molar-refractivity contribution >= 4 is 5.91 Å². The summed E-state index contributed by atoms with van der Waals surface area (Å²) in [6.45, 7) is 1.78. The molecule has 1 unspecified atom stereocenters. The Bertz CT molecular complexity index is 602. The number of carbonyl (C=O) groups is 1. The van der Waals surface area contributed by atoms with E-state index in [1.54, 1.807) is 37.4 Å². The predicted octanol–water partition coefficient (Wildman–Crippen LogP) is 2.72. The summed E-state index contributed by atoms with van der Waals surface area (Å²) in [4.78, 5) is 15.9. The van der Waals surface area contributed by atoms with Gasteiger partial charge >= 0.3 is 0 Å². The molecule has 0 aliphatic rings. The molecule has 0 spiro atoms. The highest BCUT2D eigenvalue weighted by Crippen LogP contribution is 2.21. The topological polar surface area (TPSA) is 51.2 Å². The van der Waals surface area contributed by atoms with E-state index >= 15 is 0 Å². The van der Waals surface area contributed by atoms with Gasteiger partial charge in [-0.2, -0.15) is 0 Å². The summed E-state index contributed by atoms with van der Waals surface area (Å²) >= 11 is 0. The number of halogens is 1. The molecular formula is C15H15FN2O2. The maximum atomic E-state index is 13.6. The van der Waals surface area contributed by atoms with E-state index < -0.39 is 5.82 Å². The van der Waals surface area contributed by atoms with Crippen molar-refractivity contribution in [1.29, 1.82) is 0 Å². The Hall–Kier alpha value is -2.43. The van der Waals surface area contributed by atoms with E-state index in [-0.39, 0.29) is 17.7 Å². The maximum Gasteiger partial charge on any atom is 0.270 e. The van der Waals surface area contributed by atoms with Gasteiger partial charge in [0.25, 0.3) is 5.91 Å². The minimum absolute atomic E-state index is 0.178. The fourth-order valence-electron chi connectivity index (χ4n) is 1.80. The highest BCUT2D eigenvalue weighted by atomic mass is 19.1. The largest absolute Gasteiger partial charge is 0.494 e. The van der Waals surface area contributed by atoms with Gasteiger partial charge in [0.1, 0.15) is 5.69 Å². The Morgan fingerprint density at radius 1 is 1.35 bits per heavy atom. The van der Waals surface area contributed by atoms with Gasteiger partial charge in [-0.1, -0.05) is 12.1 Å². The summed E-state index contributed by atoms with van der Waals surface area (Å²) < 4.78 is 18.5. The van der Waals surface area contributed by atoms with E-state index in [0.29, 0.717) is 11.3 Å². The number of ether oxygens (including phenoxy) is 1. The van der Waals surface area contributed by atoms with Gasteiger partial charge in [-0.25, -0.2) is 4.39 Å². The fourth-order valence-corrected chi connectivity index (χ4v) is 1.80. The zero-order chi connectivity index (χ0) is 14.5. The number of nitrogens with one attached hydrogen (secondary N) is 1. The number of rotatable bonds is 4. The van der Waals surface area contributed by atoms with E-state index in [4.69, 9.17) is 4.74 Å². The van der Waals surface area contributed by atoms with Gasteiger partial charge in [0.15, 0.2) is 11.6 Å². The lowest BCUT2D eigenvalue weighted by atomic mass is 10.1. The van der Waals surface area contributed by atoms with Crippen LogP contribution in [0.25, 0.3) is 0 Å². The van der Waals surface area contributed by atoms with Crippen LogP contribution in [0.5, 0.6) is 5.75 Å².